The molecule has 0 atom stereocenters. The Morgan fingerprint density at radius 3 is 2.32 bits per heavy atom. The molecule has 0 saturated carbocycles. The van der Waals surface area contributed by atoms with E-state index in [1.165, 1.54) is 0 Å². The Kier molecular flexibility index (Phi) is 3.51. The van der Waals surface area contributed by atoms with E-state index in [1.807, 2.05) is 39.8 Å². The minimum absolute atomic E-state index is 0.181. The molecule has 1 aliphatic rings. The summed E-state index contributed by atoms with van der Waals surface area (Å²) in [6, 6.07) is 7.31. The van der Waals surface area contributed by atoms with Crippen LogP contribution in [0.25, 0.3) is 0 Å². The van der Waals surface area contributed by atoms with Gasteiger partial charge in [-0.15, -0.1) is 0 Å². The van der Waals surface area contributed by atoms with Crippen molar-refractivity contribution in [2.24, 2.45) is 15.6 Å². The average molecular weight is 258 g/mol. The monoisotopic (exact) mass is 258 g/mol. The Morgan fingerprint density at radius 2 is 1.79 bits per heavy atom. The van der Waals surface area contributed by atoms with E-state index in [0.29, 0.717) is 5.56 Å². The maximum atomic E-state index is 11.9. The van der Waals surface area contributed by atoms with Crippen molar-refractivity contribution in [2.45, 2.75) is 27.7 Å². The maximum Gasteiger partial charge on any atom is 0.338 e. The fourth-order valence-corrected chi connectivity index (χ4v) is 1.71. The van der Waals surface area contributed by atoms with Gasteiger partial charge in [0.2, 0.25) is 0 Å². The van der Waals surface area contributed by atoms with Gasteiger partial charge >= 0.3 is 5.97 Å². The topological polar surface area (TPSA) is 51.0 Å². The van der Waals surface area contributed by atoms with Gasteiger partial charge in [0, 0.05) is 11.1 Å². The molecule has 0 amide bonds. The molecule has 0 N–H and O–H groups in total. The highest BCUT2D eigenvalue weighted by molar-refractivity contribution is 6.13. The molecule has 100 valence electrons. The molecule has 4 nitrogen and oxygen atoms in total. The van der Waals surface area contributed by atoms with Crippen LogP contribution in [0.1, 0.15) is 36.7 Å². The van der Waals surface area contributed by atoms with Gasteiger partial charge in [0.25, 0.3) is 0 Å². The van der Waals surface area contributed by atoms with Crippen molar-refractivity contribution in [1.82, 2.24) is 0 Å². The van der Waals surface area contributed by atoms with Gasteiger partial charge in [0.05, 0.1) is 11.3 Å². The summed E-state index contributed by atoms with van der Waals surface area (Å²) in [5.41, 5.74) is 3.16. The molecule has 2 rings (SSSR count). The van der Waals surface area contributed by atoms with E-state index < -0.39 is 0 Å². The average Bonchev–Trinajstić information content (AvgIpc) is 2.62. The number of esters is 1. The molecule has 0 spiro atoms. The number of hydrogen-bond acceptors (Lipinski definition) is 4. The van der Waals surface area contributed by atoms with E-state index >= 15 is 0 Å². The number of benzene rings is 1. The summed E-state index contributed by atoms with van der Waals surface area (Å²) < 4.78 is 5.29. The van der Waals surface area contributed by atoms with E-state index in [2.05, 4.69) is 10.2 Å². The van der Waals surface area contributed by atoms with Crippen LogP contribution in [0.2, 0.25) is 0 Å². The minimum Gasteiger partial charge on any atom is -0.456 e. The quantitative estimate of drug-likeness (QED) is 0.782. The largest absolute Gasteiger partial charge is 0.456 e. The summed E-state index contributed by atoms with van der Waals surface area (Å²) in [7, 11) is 0. The number of carbonyl (C=O) groups is 1. The Morgan fingerprint density at radius 1 is 1.16 bits per heavy atom. The van der Waals surface area contributed by atoms with Gasteiger partial charge in [-0.1, -0.05) is 17.7 Å². The second-order valence-electron chi connectivity index (χ2n) is 5.30. The molecule has 1 aromatic rings. The molecule has 0 unspecified atom stereocenters. The van der Waals surface area contributed by atoms with Crippen molar-refractivity contribution in [2.75, 3.05) is 6.61 Å². The van der Waals surface area contributed by atoms with Crippen LogP contribution in [0.5, 0.6) is 0 Å². The maximum absolute atomic E-state index is 11.9. The van der Waals surface area contributed by atoms with Crippen molar-refractivity contribution < 1.29 is 9.53 Å². The van der Waals surface area contributed by atoms with Crippen LogP contribution < -0.4 is 0 Å². The third kappa shape index (κ3) is 2.72. The molecule has 19 heavy (non-hydrogen) atoms. The predicted octanol–water partition coefficient (Wildman–Crippen LogP) is 3.01. The highest BCUT2D eigenvalue weighted by atomic mass is 16.5. The molecule has 0 aromatic heterocycles. The summed E-state index contributed by atoms with van der Waals surface area (Å²) in [5.74, 6) is -0.331. The number of hydrogen-bond donors (Lipinski definition) is 0. The Hall–Kier alpha value is -1.97. The zero-order valence-electron chi connectivity index (χ0n) is 11.7. The lowest BCUT2D eigenvalue weighted by molar-refractivity contribution is 0.0559. The summed E-state index contributed by atoms with van der Waals surface area (Å²) in [6.07, 6.45) is 0. The van der Waals surface area contributed by atoms with E-state index in [9.17, 15) is 4.79 Å². The third-order valence-corrected chi connectivity index (χ3v) is 3.57. The SMILES string of the molecule is CC1=NN=C(COC(=O)c2ccc(C)cc2)C1(C)C. The van der Waals surface area contributed by atoms with Crippen molar-refractivity contribution in [3.63, 3.8) is 0 Å². The number of nitrogens with zero attached hydrogens (tertiary/aromatic N) is 2. The number of carbonyl (C=O) groups excluding carboxylic acids is 1. The first kappa shape index (κ1) is 13.5. The lowest BCUT2D eigenvalue weighted by atomic mass is 9.84. The Balaban J connectivity index is 1.97. The summed E-state index contributed by atoms with van der Waals surface area (Å²) in [6.45, 7) is 8.14. The fraction of sp³-hybridized carbons (Fsp3) is 0.400. The summed E-state index contributed by atoms with van der Waals surface area (Å²) in [5, 5.41) is 8.12. The Bertz CT molecular complexity index is 554. The number of ether oxygens (including phenoxy) is 1. The molecular weight excluding hydrogens is 240 g/mol. The van der Waals surface area contributed by atoms with Crippen LogP contribution in [-0.4, -0.2) is 24.0 Å². The van der Waals surface area contributed by atoms with Crippen molar-refractivity contribution in [3.8, 4) is 0 Å². The van der Waals surface area contributed by atoms with Crippen LogP contribution >= 0.6 is 0 Å². The lowest BCUT2D eigenvalue weighted by Gasteiger charge is -2.20. The standard InChI is InChI=1S/C15H18N2O2/c1-10-5-7-12(8-6-10)14(18)19-9-13-15(3,4)11(2)16-17-13/h5-8H,9H2,1-4H3. The van der Waals surface area contributed by atoms with Crippen molar-refractivity contribution >= 4 is 17.4 Å². The molecule has 1 aromatic carbocycles. The predicted molar refractivity (Wildman–Crippen MR) is 75.8 cm³/mol. The first-order valence-electron chi connectivity index (χ1n) is 6.27. The summed E-state index contributed by atoms with van der Waals surface area (Å²) >= 11 is 0. The van der Waals surface area contributed by atoms with Gasteiger partial charge in [-0.25, -0.2) is 4.79 Å². The van der Waals surface area contributed by atoms with Crippen molar-refractivity contribution in [1.29, 1.82) is 0 Å². The van der Waals surface area contributed by atoms with Gasteiger partial charge in [-0.2, -0.15) is 10.2 Å². The number of aryl methyl sites for hydroxylation is 1. The molecule has 4 heteroatoms. The van der Waals surface area contributed by atoms with Crippen LogP contribution in [0.15, 0.2) is 34.5 Å². The fourth-order valence-electron chi connectivity index (χ4n) is 1.71. The number of rotatable bonds is 3. The molecular formula is C15H18N2O2. The van der Waals surface area contributed by atoms with E-state index in [-0.39, 0.29) is 18.0 Å². The highest BCUT2D eigenvalue weighted by Gasteiger charge is 2.33. The van der Waals surface area contributed by atoms with Crippen LogP contribution in [-0.2, 0) is 4.74 Å². The molecule has 0 radical (unpaired) electrons. The second-order valence-corrected chi connectivity index (χ2v) is 5.30. The van der Waals surface area contributed by atoms with E-state index in [4.69, 9.17) is 4.74 Å². The molecule has 1 heterocycles. The molecule has 0 aliphatic carbocycles. The molecule has 0 fully saturated rings. The molecule has 0 saturated heterocycles. The molecule has 0 bridgehead atoms. The van der Waals surface area contributed by atoms with Crippen LogP contribution in [0.3, 0.4) is 0 Å². The van der Waals surface area contributed by atoms with E-state index in [0.717, 1.165) is 17.0 Å². The smallest absolute Gasteiger partial charge is 0.338 e. The van der Waals surface area contributed by atoms with Gasteiger partial charge in [-0.3, -0.25) is 0 Å². The zero-order valence-corrected chi connectivity index (χ0v) is 11.7. The Labute approximate surface area is 113 Å². The van der Waals surface area contributed by atoms with Gasteiger partial charge in [0.15, 0.2) is 0 Å². The van der Waals surface area contributed by atoms with Crippen LogP contribution in [0.4, 0.5) is 0 Å². The minimum atomic E-state index is -0.331. The summed E-state index contributed by atoms with van der Waals surface area (Å²) in [4.78, 5) is 11.9. The van der Waals surface area contributed by atoms with Gasteiger partial charge < -0.3 is 4.74 Å². The lowest BCUT2D eigenvalue weighted by Crippen LogP contribution is -2.32. The molecule has 1 aliphatic heterocycles. The third-order valence-electron chi connectivity index (χ3n) is 3.57. The first-order chi connectivity index (χ1) is 8.91. The van der Waals surface area contributed by atoms with Crippen molar-refractivity contribution in [3.05, 3.63) is 35.4 Å². The van der Waals surface area contributed by atoms with E-state index in [1.54, 1.807) is 12.1 Å². The van der Waals surface area contributed by atoms with Crippen LogP contribution in [0, 0.1) is 12.3 Å². The normalized spacial score (nSPS) is 16.8. The van der Waals surface area contributed by atoms with Gasteiger partial charge in [0.1, 0.15) is 6.61 Å². The highest BCUT2D eigenvalue weighted by Crippen LogP contribution is 2.25. The second kappa shape index (κ2) is 4.96. The first-order valence-corrected chi connectivity index (χ1v) is 6.27. The zero-order chi connectivity index (χ0) is 14.0. The van der Waals surface area contributed by atoms with Gasteiger partial charge in [-0.05, 0) is 39.8 Å².